The first-order valence-electron chi connectivity index (χ1n) is 5.22. The first-order valence-corrected chi connectivity index (χ1v) is 7.06. The van der Waals surface area contributed by atoms with Crippen LogP contribution in [0.4, 0.5) is 5.69 Å². The molecule has 7 heteroatoms. The summed E-state index contributed by atoms with van der Waals surface area (Å²) in [7, 11) is 0. The van der Waals surface area contributed by atoms with Crippen LogP contribution in [0.1, 0.15) is 15.9 Å². The summed E-state index contributed by atoms with van der Waals surface area (Å²) in [5.41, 5.74) is 1.64. The number of hydrogen-bond acceptors (Lipinski definition) is 3. The Morgan fingerprint density at radius 3 is 2.53 bits per heavy atom. The van der Waals surface area contributed by atoms with Gasteiger partial charge in [-0.1, -0.05) is 29.3 Å². The van der Waals surface area contributed by atoms with E-state index < -0.39 is 0 Å². The van der Waals surface area contributed by atoms with Crippen molar-refractivity contribution in [3.8, 4) is 0 Å². The maximum absolute atomic E-state index is 12.2. The average Bonchev–Trinajstić information content (AvgIpc) is 2.37. The first kappa shape index (κ1) is 14.5. The minimum absolute atomic E-state index is 0.108. The third-order valence-electron chi connectivity index (χ3n) is 2.44. The molecule has 1 N–H and O–H groups in total. The SMILES string of the molecule is Cc1ccc(I)cc1C(=O)Nc1c(Cl)ncnc1Cl. The fraction of sp³-hybridized carbons (Fsp3) is 0.0833. The Balaban J connectivity index is 2.34. The van der Waals surface area contributed by atoms with Crippen LogP contribution in [0.3, 0.4) is 0 Å². The number of nitrogens with zero attached hydrogens (tertiary/aromatic N) is 2. The molecule has 98 valence electrons. The van der Waals surface area contributed by atoms with Gasteiger partial charge in [0.05, 0.1) is 0 Å². The zero-order valence-corrected chi connectivity index (χ0v) is 13.4. The highest BCUT2D eigenvalue weighted by Crippen LogP contribution is 2.26. The van der Waals surface area contributed by atoms with Crippen molar-refractivity contribution in [2.75, 3.05) is 5.32 Å². The normalized spacial score (nSPS) is 10.3. The van der Waals surface area contributed by atoms with E-state index in [4.69, 9.17) is 23.2 Å². The fourth-order valence-corrected chi connectivity index (χ4v) is 2.37. The lowest BCUT2D eigenvalue weighted by molar-refractivity contribution is 0.102. The predicted octanol–water partition coefficient (Wildman–Crippen LogP) is 3.95. The molecule has 0 aliphatic rings. The fourth-order valence-electron chi connectivity index (χ4n) is 1.47. The van der Waals surface area contributed by atoms with Crippen molar-refractivity contribution in [3.63, 3.8) is 0 Å². The van der Waals surface area contributed by atoms with Crippen LogP contribution in [0, 0.1) is 10.5 Å². The number of anilines is 1. The second-order valence-electron chi connectivity index (χ2n) is 3.74. The number of benzene rings is 1. The molecule has 0 bridgehead atoms. The predicted molar refractivity (Wildman–Crippen MR) is 83.9 cm³/mol. The van der Waals surface area contributed by atoms with Crippen molar-refractivity contribution in [2.45, 2.75) is 6.92 Å². The van der Waals surface area contributed by atoms with Gasteiger partial charge in [-0.2, -0.15) is 0 Å². The number of carbonyl (C=O) groups excluding carboxylic acids is 1. The van der Waals surface area contributed by atoms with Crippen LogP contribution in [0.2, 0.25) is 10.3 Å². The van der Waals surface area contributed by atoms with Gasteiger partial charge in [0, 0.05) is 9.13 Å². The molecule has 0 atom stereocenters. The van der Waals surface area contributed by atoms with Crippen LogP contribution in [-0.2, 0) is 0 Å². The van der Waals surface area contributed by atoms with Crippen molar-refractivity contribution in [1.82, 2.24) is 9.97 Å². The Morgan fingerprint density at radius 1 is 1.26 bits per heavy atom. The number of aromatic nitrogens is 2. The molecule has 4 nitrogen and oxygen atoms in total. The van der Waals surface area contributed by atoms with Crippen LogP contribution < -0.4 is 5.32 Å². The molecule has 0 fully saturated rings. The lowest BCUT2D eigenvalue weighted by Crippen LogP contribution is -2.15. The van der Waals surface area contributed by atoms with E-state index in [1.807, 2.05) is 19.1 Å². The molecule has 19 heavy (non-hydrogen) atoms. The topological polar surface area (TPSA) is 54.9 Å². The number of nitrogens with one attached hydrogen (secondary N) is 1. The summed E-state index contributed by atoms with van der Waals surface area (Å²) >= 11 is 13.9. The second-order valence-corrected chi connectivity index (χ2v) is 5.71. The summed E-state index contributed by atoms with van der Waals surface area (Å²) in [4.78, 5) is 19.8. The maximum Gasteiger partial charge on any atom is 0.256 e. The molecule has 0 saturated carbocycles. The zero-order valence-electron chi connectivity index (χ0n) is 9.75. The van der Waals surface area contributed by atoms with E-state index in [9.17, 15) is 4.79 Å². The van der Waals surface area contributed by atoms with Gasteiger partial charge in [-0.05, 0) is 47.2 Å². The molecule has 1 aromatic heterocycles. The summed E-state index contributed by atoms with van der Waals surface area (Å²) in [6.45, 7) is 1.86. The van der Waals surface area contributed by atoms with Gasteiger partial charge >= 0.3 is 0 Å². The third-order valence-corrected chi connectivity index (χ3v) is 3.68. The van der Waals surface area contributed by atoms with Gasteiger partial charge in [0.2, 0.25) is 0 Å². The monoisotopic (exact) mass is 407 g/mol. The van der Waals surface area contributed by atoms with Crippen LogP contribution >= 0.6 is 45.8 Å². The van der Waals surface area contributed by atoms with Crippen molar-refractivity contribution in [1.29, 1.82) is 0 Å². The Labute approximate surface area is 133 Å². The Hall–Kier alpha value is -0.920. The first-order chi connectivity index (χ1) is 8.99. The van der Waals surface area contributed by atoms with E-state index in [1.54, 1.807) is 6.07 Å². The molecule has 0 spiro atoms. The number of halogens is 3. The largest absolute Gasteiger partial charge is 0.317 e. The zero-order chi connectivity index (χ0) is 14.0. The standard InChI is InChI=1S/C12H8Cl2IN3O/c1-6-2-3-7(15)4-8(6)12(19)18-9-10(13)16-5-17-11(9)14/h2-5H,1H3,(H,18,19). The van der Waals surface area contributed by atoms with Crippen molar-refractivity contribution < 1.29 is 4.79 Å². The summed E-state index contributed by atoms with van der Waals surface area (Å²) in [6, 6.07) is 5.59. The quantitative estimate of drug-likeness (QED) is 0.605. The summed E-state index contributed by atoms with van der Waals surface area (Å²) in [5.74, 6) is -0.297. The van der Waals surface area contributed by atoms with E-state index in [0.29, 0.717) is 5.56 Å². The van der Waals surface area contributed by atoms with Crippen LogP contribution in [-0.4, -0.2) is 15.9 Å². The lowest BCUT2D eigenvalue weighted by Gasteiger charge is -2.09. The molecule has 0 aliphatic carbocycles. The van der Waals surface area contributed by atoms with E-state index in [2.05, 4.69) is 37.9 Å². The van der Waals surface area contributed by atoms with Crippen molar-refractivity contribution in [2.24, 2.45) is 0 Å². The highest BCUT2D eigenvalue weighted by Gasteiger charge is 2.15. The van der Waals surface area contributed by atoms with Gasteiger partial charge in [-0.25, -0.2) is 9.97 Å². The third kappa shape index (κ3) is 3.34. The van der Waals surface area contributed by atoms with E-state index in [-0.39, 0.29) is 21.9 Å². The molecule has 1 heterocycles. The summed E-state index contributed by atoms with van der Waals surface area (Å²) < 4.78 is 0.967. The van der Waals surface area contributed by atoms with Crippen molar-refractivity contribution >= 4 is 57.4 Å². The second kappa shape index (κ2) is 6.02. The Bertz CT molecular complexity index is 629. The number of aryl methyl sites for hydroxylation is 1. The van der Waals surface area contributed by atoms with Crippen LogP contribution in [0.25, 0.3) is 0 Å². The number of hydrogen-bond donors (Lipinski definition) is 1. The van der Waals surface area contributed by atoms with Crippen molar-refractivity contribution in [3.05, 3.63) is 49.5 Å². The molecule has 0 unspecified atom stereocenters. The molecule has 1 amide bonds. The number of rotatable bonds is 2. The minimum atomic E-state index is -0.297. The highest BCUT2D eigenvalue weighted by molar-refractivity contribution is 14.1. The van der Waals surface area contributed by atoms with E-state index in [1.165, 1.54) is 6.33 Å². The van der Waals surface area contributed by atoms with Gasteiger partial charge in [0.25, 0.3) is 5.91 Å². The Kier molecular flexibility index (Phi) is 4.59. The summed E-state index contributed by atoms with van der Waals surface area (Å²) in [6.07, 6.45) is 1.23. The van der Waals surface area contributed by atoms with Gasteiger partial charge in [-0.15, -0.1) is 0 Å². The average molecular weight is 408 g/mol. The van der Waals surface area contributed by atoms with Crippen LogP contribution in [0.15, 0.2) is 24.5 Å². The van der Waals surface area contributed by atoms with E-state index >= 15 is 0 Å². The number of amides is 1. The van der Waals surface area contributed by atoms with E-state index in [0.717, 1.165) is 9.13 Å². The molecule has 2 aromatic rings. The van der Waals surface area contributed by atoms with Gasteiger partial charge < -0.3 is 5.32 Å². The molecule has 1 aromatic carbocycles. The maximum atomic E-state index is 12.2. The molecule has 2 rings (SSSR count). The van der Waals surface area contributed by atoms with Gasteiger partial charge in [0.1, 0.15) is 12.0 Å². The number of carbonyl (C=O) groups is 1. The van der Waals surface area contributed by atoms with Crippen LogP contribution in [0.5, 0.6) is 0 Å². The van der Waals surface area contributed by atoms with Gasteiger partial charge in [-0.3, -0.25) is 4.79 Å². The molecular formula is C12H8Cl2IN3O. The smallest absolute Gasteiger partial charge is 0.256 e. The molecule has 0 radical (unpaired) electrons. The Morgan fingerprint density at radius 2 is 1.89 bits per heavy atom. The molecular weight excluding hydrogens is 400 g/mol. The molecule has 0 saturated heterocycles. The highest BCUT2D eigenvalue weighted by atomic mass is 127. The minimum Gasteiger partial charge on any atom is -0.317 e. The molecule has 0 aliphatic heterocycles. The summed E-state index contributed by atoms with van der Waals surface area (Å²) in [5, 5.41) is 2.85. The lowest BCUT2D eigenvalue weighted by atomic mass is 10.1. The van der Waals surface area contributed by atoms with Gasteiger partial charge in [0.15, 0.2) is 10.3 Å².